The van der Waals surface area contributed by atoms with E-state index < -0.39 is 36.4 Å². The van der Waals surface area contributed by atoms with Crippen LogP contribution in [0.3, 0.4) is 0 Å². The maximum Gasteiger partial charge on any atom is 2.00 e. The van der Waals surface area contributed by atoms with Crippen molar-refractivity contribution in [2.75, 3.05) is 0 Å². The third-order valence-corrected chi connectivity index (χ3v) is 1.29. The number of rotatable bonds is 5. The van der Waals surface area contributed by atoms with Crippen LogP contribution in [0.5, 0.6) is 0 Å². The van der Waals surface area contributed by atoms with E-state index in [1.165, 1.54) is 0 Å². The van der Waals surface area contributed by atoms with E-state index in [1.807, 2.05) is 0 Å². The monoisotopic (exact) mass is 272 g/mol. The van der Waals surface area contributed by atoms with E-state index in [1.54, 1.807) is 0 Å². The number of carboxylic acid groups (broad SMARTS) is 3. The van der Waals surface area contributed by atoms with E-state index in [-0.39, 0.29) is 75.5 Å². The first kappa shape index (κ1) is 21.2. The Bertz CT molecular complexity index is 236. The summed E-state index contributed by atoms with van der Waals surface area (Å²) in [7, 11) is 0. The molecule has 0 aromatic heterocycles. The third-order valence-electron chi connectivity index (χ3n) is 1.29. The number of carboxylic acids is 3. The Morgan fingerprint density at radius 3 is 1.27 bits per heavy atom. The summed E-state index contributed by atoms with van der Waals surface area (Å²) in [4.78, 5) is 30.5. The van der Waals surface area contributed by atoms with Crippen LogP contribution in [0.1, 0.15) is 12.8 Å². The SMILES string of the molecule is O=C(O)CC(O)(CC(=O)O)C(=O)O.[Ca+2].[Ca+2]. The Kier molecular flexibility index (Phi) is 12.7. The average Bonchev–Trinajstić information content (AvgIpc) is 1.82. The topological polar surface area (TPSA) is 132 Å². The van der Waals surface area contributed by atoms with Gasteiger partial charge in [-0.1, -0.05) is 0 Å². The molecule has 0 aliphatic heterocycles. The Morgan fingerprint density at radius 2 is 1.13 bits per heavy atom. The number of hydrogen-bond donors (Lipinski definition) is 4. The first-order chi connectivity index (χ1) is 5.78. The van der Waals surface area contributed by atoms with Crippen molar-refractivity contribution in [2.45, 2.75) is 18.4 Å². The first-order valence-electron chi connectivity index (χ1n) is 3.17. The maximum atomic E-state index is 10.3. The van der Waals surface area contributed by atoms with Gasteiger partial charge in [0.2, 0.25) is 0 Å². The minimum atomic E-state index is -2.74. The molecule has 0 bridgehead atoms. The van der Waals surface area contributed by atoms with Gasteiger partial charge in [-0.2, -0.15) is 0 Å². The molecule has 74 valence electrons. The summed E-state index contributed by atoms with van der Waals surface area (Å²) in [5.41, 5.74) is -2.74. The van der Waals surface area contributed by atoms with Gasteiger partial charge in [0.05, 0.1) is 12.8 Å². The summed E-state index contributed by atoms with van der Waals surface area (Å²) in [6, 6.07) is 0. The Balaban J connectivity index is -0.000000720. The summed E-state index contributed by atoms with van der Waals surface area (Å²) < 4.78 is 0. The largest absolute Gasteiger partial charge is 2.00 e. The molecule has 0 unspecified atom stereocenters. The molecular formula is C6H8Ca2O7+4. The van der Waals surface area contributed by atoms with Crippen LogP contribution in [-0.2, 0) is 14.4 Å². The van der Waals surface area contributed by atoms with Gasteiger partial charge in [-0.15, -0.1) is 0 Å². The van der Waals surface area contributed by atoms with Gasteiger partial charge in [-0.25, -0.2) is 4.79 Å². The molecule has 0 amide bonds. The fraction of sp³-hybridized carbons (Fsp3) is 0.500. The number of aliphatic hydroxyl groups is 1. The van der Waals surface area contributed by atoms with Crippen molar-refractivity contribution in [3.05, 3.63) is 0 Å². The fourth-order valence-corrected chi connectivity index (χ4v) is 0.714. The van der Waals surface area contributed by atoms with E-state index in [0.29, 0.717) is 0 Å². The molecule has 0 fully saturated rings. The molecule has 4 N–H and O–H groups in total. The van der Waals surface area contributed by atoms with Gasteiger partial charge in [0.25, 0.3) is 0 Å². The summed E-state index contributed by atoms with van der Waals surface area (Å²) in [6.45, 7) is 0. The summed E-state index contributed by atoms with van der Waals surface area (Å²) in [6.07, 6.45) is -2.29. The molecular weight excluding hydrogens is 264 g/mol. The van der Waals surface area contributed by atoms with Crippen LogP contribution >= 0.6 is 0 Å². The zero-order chi connectivity index (χ0) is 10.6. The first-order valence-corrected chi connectivity index (χ1v) is 3.17. The number of aliphatic carboxylic acids is 3. The number of carbonyl (C=O) groups is 3. The zero-order valence-corrected chi connectivity index (χ0v) is 12.3. The second-order valence-corrected chi connectivity index (χ2v) is 2.48. The summed E-state index contributed by atoms with van der Waals surface area (Å²) >= 11 is 0. The minimum absolute atomic E-state index is 0. The van der Waals surface area contributed by atoms with Gasteiger partial charge in [0, 0.05) is 0 Å². The van der Waals surface area contributed by atoms with Crippen LogP contribution in [0.15, 0.2) is 0 Å². The van der Waals surface area contributed by atoms with Gasteiger partial charge in [-0.3, -0.25) is 9.59 Å². The van der Waals surface area contributed by atoms with E-state index in [0.717, 1.165) is 0 Å². The van der Waals surface area contributed by atoms with Crippen molar-refractivity contribution in [1.82, 2.24) is 0 Å². The molecule has 15 heavy (non-hydrogen) atoms. The summed E-state index contributed by atoms with van der Waals surface area (Å²) in [5.74, 6) is -5.02. The van der Waals surface area contributed by atoms with Crippen LogP contribution in [-0.4, -0.2) is 119 Å². The van der Waals surface area contributed by atoms with Crippen molar-refractivity contribution in [2.24, 2.45) is 0 Å². The molecule has 0 aliphatic rings. The van der Waals surface area contributed by atoms with Crippen molar-refractivity contribution in [3.63, 3.8) is 0 Å². The summed E-state index contributed by atoms with van der Waals surface area (Å²) in [5, 5.41) is 33.8. The van der Waals surface area contributed by atoms with Crippen LogP contribution in [0.4, 0.5) is 0 Å². The van der Waals surface area contributed by atoms with Crippen molar-refractivity contribution >= 4 is 93.4 Å². The molecule has 0 atom stereocenters. The van der Waals surface area contributed by atoms with Crippen molar-refractivity contribution in [1.29, 1.82) is 0 Å². The molecule has 0 spiro atoms. The van der Waals surface area contributed by atoms with Crippen LogP contribution in [0.25, 0.3) is 0 Å². The Morgan fingerprint density at radius 1 is 0.867 bits per heavy atom. The second-order valence-electron chi connectivity index (χ2n) is 2.48. The minimum Gasteiger partial charge on any atom is -0.481 e. The molecule has 0 radical (unpaired) electrons. The zero-order valence-electron chi connectivity index (χ0n) is 7.84. The molecule has 0 saturated heterocycles. The molecule has 0 aliphatic carbocycles. The van der Waals surface area contributed by atoms with E-state index >= 15 is 0 Å². The standard InChI is InChI=1S/C6H8O7.2Ca/c7-3(8)1-6(13,5(11)12)2-4(9)10;;/h13H,1-2H2,(H,7,8)(H,9,10)(H,11,12);;/q;2*+2. The average molecular weight is 272 g/mol. The normalized spacial score (nSPS) is 9.40. The predicted octanol–water partition coefficient (Wildman–Crippen LogP) is -2.01. The predicted molar refractivity (Wildman–Crippen MR) is 48.6 cm³/mol. The van der Waals surface area contributed by atoms with Crippen LogP contribution < -0.4 is 0 Å². The van der Waals surface area contributed by atoms with E-state index in [9.17, 15) is 14.4 Å². The third kappa shape index (κ3) is 8.67. The van der Waals surface area contributed by atoms with Gasteiger partial charge in [0.15, 0.2) is 5.60 Å². The Labute approximate surface area is 144 Å². The van der Waals surface area contributed by atoms with Gasteiger partial charge < -0.3 is 20.4 Å². The molecule has 7 nitrogen and oxygen atoms in total. The van der Waals surface area contributed by atoms with Gasteiger partial charge in [0.1, 0.15) is 0 Å². The number of hydrogen-bond acceptors (Lipinski definition) is 4. The van der Waals surface area contributed by atoms with Crippen molar-refractivity contribution < 1.29 is 34.8 Å². The smallest absolute Gasteiger partial charge is 0.481 e. The quantitative estimate of drug-likeness (QED) is 0.425. The molecule has 0 aromatic rings. The van der Waals surface area contributed by atoms with E-state index in [2.05, 4.69) is 0 Å². The molecule has 9 heteroatoms. The second kappa shape index (κ2) is 8.98. The van der Waals surface area contributed by atoms with Gasteiger partial charge in [-0.05, 0) is 0 Å². The van der Waals surface area contributed by atoms with E-state index in [4.69, 9.17) is 20.4 Å². The van der Waals surface area contributed by atoms with Crippen molar-refractivity contribution in [3.8, 4) is 0 Å². The fourth-order valence-electron chi connectivity index (χ4n) is 0.714. The molecule has 0 aromatic carbocycles. The van der Waals surface area contributed by atoms with Crippen LogP contribution in [0.2, 0.25) is 0 Å². The molecule has 0 heterocycles. The molecule has 0 rings (SSSR count). The van der Waals surface area contributed by atoms with Gasteiger partial charge >= 0.3 is 93.4 Å². The Hall–Kier alpha value is 0.889. The van der Waals surface area contributed by atoms with Crippen LogP contribution in [0, 0.1) is 0 Å². The molecule has 0 saturated carbocycles. The maximum absolute atomic E-state index is 10.3.